The second-order valence-electron chi connectivity index (χ2n) is 5.56. The van der Waals surface area contributed by atoms with E-state index in [0.717, 1.165) is 0 Å². The smallest absolute Gasteiger partial charge is 0.224 e. The van der Waals surface area contributed by atoms with E-state index in [1.165, 1.54) is 12.1 Å². The number of aryl methyl sites for hydroxylation is 1. The Kier molecular flexibility index (Phi) is 4.44. The molecule has 0 fully saturated rings. The average Bonchev–Trinajstić information content (AvgIpc) is 2.68. The zero-order valence-corrected chi connectivity index (χ0v) is 13.3. The van der Waals surface area contributed by atoms with Crippen LogP contribution in [0.15, 0.2) is 12.1 Å². The van der Waals surface area contributed by atoms with Crippen molar-refractivity contribution in [3.05, 3.63) is 28.8 Å². The van der Waals surface area contributed by atoms with Gasteiger partial charge in [0.05, 0.1) is 21.5 Å². The van der Waals surface area contributed by atoms with Gasteiger partial charge in [-0.1, -0.05) is 11.6 Å². The molecule has 4 nitrogen and oxygen atoms in total. The molecule has 0 saturated heterocycles. The summed E-state index contributed by atoms with van der Waals surface area (Å²) in [6, 6.07) is 2.79. The summed E-state index contributed by atoms with van der Waals surface area (Å²) in [5, 5.41) is 0.0127. The van der Waals surface area contributed by atoms with Gasteiger partial charge in [-0.15, -0.1) is 11.6 Å². The molecule has 1 amide bonds. The molecular weight excluding hydrogens is 316 g/mol. The summed E-state index contributed by atoms with van der Waals surface area (Å²) in [7, 11) is 0. The first-order chi connectivity index (χ1) is 9.76. The molecule has 2 rings (SSSR count). The van der Waals surface area contributed by atoms with Crippen molar-refractivity contribution in [1.82, 2.24) is 9.55 Å². The van der Waals surface area contributed by atoms with E-state index in [4.69, 9.17) is 28.9 Å². The summed E-state index contributed by atoms with van der Waals surface area (Å²) in [5.74, 6) is 0.0857. The molecule has 2 aromatic rings. The van der Waals surface area contributed by atoms with Crippen LogP contribution in [-0.2, 0) is 17.8 Å². The molecule has 0 saturated carbocycles. The minimum Gasteiger partial charge on any atom is -0.369 e. The first-order valence-electron chi connectivity index (χ1n) is 6.46. The van der Waals surface area contributed by atoms with Crippen molar-refractivity contribution in [1.29, 1.82) is 0 Å². The summed E-state index contributed by atoms with van der Waals surface area (Å²) < 4.78 is 15.5. The minimum absolute atomic E-state index is 0.0127. The number of benzene rings is 1. The minimum atomic E-state index is -0.787. The highest BCUT2D eigenvalue weighted by atomic mass is 35.5. The van der Waals surface area contributed by atoms with Crippen LogP contribution in [0.4, 0.5) is 4.39 Å². The quantitative estimate of drug-likeness (QED) is 0.855. The normalized spacial score (nSPS) is 12.0. The molecule has 21 heavy (non-hydrogen) atoms. The van der Waals surface area contributed by atoms with Crippen LogP contribution in [0.2, 0.25) is 5.02 Å². The van der Waals surface area contributed by atoms with E-state index in [0.29, 0.717) is 35.7 Å². The predicted molar refractivity (Wildman–Crippen MR) is 82.1 cm³/mol. The van der Waals surface area contributed by atoms with Crippen LogP contribution in [0, 0.1) is 11.2 Å². The molecule has 0 spiro atoms. The number of rotatable bonds is 5. The fourth-order valence-corrected chi connectivity index (χ4v) is 2.42. The third-order valence-electron chi connectivity index (χ3n) is 3.41. The van der Waals surface area contributed by atoms with E-state index in [-0.39, 0.29) is 5.02 Å². The zero-order chi connectivity index (χ0) is 15.8. The summed E-state index contributed by atoms with van der Waals surface area (Å²) >= 11 is 11.6. The van der Waals surface area contributed by atoms with Crippen LogP contribution in [0.3, 0.4) is 0 Å². The number of fused-ring (bicyclic) bond motifs is 1. The molecule has 1 heterocycles. The standard InChI is InChI=1S/C14H16Cl2FN3O/c1-14(2,13(18)21)7-20-11-6-9(17)8(16)5-10(11)19-12(20)3-4-15/h5-6H,3-4,7H2,1-2H3,(H2,18,21). The highest BCUT2D eigenvalue weighted by Crippen LogP contribution is 2.27. The predicted octanol–water partition coefficient (Wildman–Crippen LogP) is 3.12. The van der Waals surface area contributed by atoms with Crippen LogP contribution in [-0.4, -0.2) is 21.3 Å². The van der Waals surface area contributed by atoms with Crippen LogP contribution in [0.1, 0.15) is 19.7 Å². The van der Waals surface area contributed by atoms with Crippen molar-refractivity contribution in [3.63, 3.8) is 0 Å². The molecule has 0 aliphatic carbocycles. The first-order valence-corrected chi connectivity index (χ1v) is 7.37. The lowest BCUT2D eigenvalue weighted by Crippen LogP contribution is -2.35. The molecule has 0 unspecified atom stereocenters. The fourth-order valence-electron chi connectivity index (χ4n) is 2.10. The van der Waals surface area contributed by atoms with E-state index in [2.05, 4.69) is 4.98 Å². The molecule has 114 valence electrons. The van der Waals surface area contributed by atoms with Gasteiger partial charge in [-0.25, -0.2) is 9.37 Å². The number of halogens is 3. The van der Waals surface area contributed by atoms with Gasteiger partial charge in [0, 0.05) is 24.9 Å². The van der Waals surface area contributed by atoms with Gasteiger partial charge < -0.3 is 10.3 Å². The van der Waals surface area contributed by atoms with Crippen molar-refractivity contribution in [2.45, 2.75) is 26.8 Å². The van der Waals surface area contributed by atoms with Crippen LogP contribution < -0.4 is 5.73 Å². The third kappa shape index (κ3) is 3.14. The zero-order valence-electron chi connectivity index (χ0n) is 11.8. The maximum absolute atomic E-state index is 13.7. The van der Waals surface area contributed by atoms with Crippen molar-refractivity contribution < 1.29 is 9.18 Å². The molecule has 1 aromatic heterocycles. The van der Waals surface area contributed by atoms with E-state index in [1.807, 2.05) is 0 Å². The van der Waals surface area contributed by atoms with Gasteiger partial charge in [0.1, 0.15) is 11.6 Å². The molecule has 0 atom stereocenters. The molecule has 2 N–H and O–H groups in total. The highest BCUT2D eigenvalue weighted by molar-refractivity contribution is 6.31. The number of hydrogen-bond donors (Lipinski definition) is 1. The van der Waals surface area contributed by atoms with Crippen molar-refractivity contribution in [2.24, 2.45) is 11.1 Å². The van der Waals surface area contributed by atoms with Crippen LogP contribution in [0.5, 0.6) is 0 Å². The Morgan fingerprint density at radius 1 is 1.48 bits per heavy atom. The number of aromatic nitrogens is 2. The summed E-state index contributed by atoms with van der Waals surface area (Å²) in [4.78, 5) is 16.0. The number of hydrogen-bond acceptors (Lipinski definition) is 2. The Morgan fingerprint density at radius 3 is 2.71 bits per heavy atom. The lowest BCUT2D eigenvalue weighted by atomic mass is 9.92. The van der Waals surface area contributed by atoms with E-state index in [1.54, 1.807) is 18.4 Å². The second-order valence-corrected chi connectivity index (χ2v) is 6.34. The van der Waals surface area contributed by atoms with Gasteiger partial charge in [0.15, 0.2) is 0 Å². The Labute approximate surface area is 132 Å². The topological polar surface area (TPSA) is 60.9 Å². The molecule has 7 heteroatoms. The maximum atomic E-state index is 13.7. The van der Waals surface area contributed by atoms with Crippen molar-refractivity contribution in [2.75, 3.05) is 5.88 Å². The number of alkyl halides is 1. The van der Waals surface area contributed by atoms with E-state index in [9.17, 15) is 9.18 Å². The number of carbonyl (C=O) groups is 1. The highest BCUT2D eigenvalue weighted by Gasteiger charge is 2.28. The van der Waals surface area contributed by atoms with Crippen LogP contribution in [0.25, 0.3) is 11.0 Å². The van der Waals surface area contributed by atoms with Gasteiger partial charge in [-0.3, -0.25) is 4.79 Å². The molecule has 0 radical (unpaired) electrons. The van der Waals surface area contributed by atoms with Gasteiger partial charge in [0.25, 0.3) is 0 Å². The van der Waals surface area contributed by atoms with Gasteiger partial charge in [-0.2, -0.15) is 0 Å². The van der Waals surface area contributed by atoms with Gasteiger partial charge in [0.2, 0.25) is 5.91 Å². The lowest BCUT2D eigenvalue weighted by Gasteiger charge is -2.22. The van der Waals surface area contributed by atoms with Crippen molar-refractivity contribution in [3.8, 4) is 0 Å². The third-order valence-corrected chi connectivity index (χ3v) is 3.89. The Morgan fingerprint density at radius 2 is 2.14 bits per heavy atom. The largest absolute Gasteiger partial charge is 0.369 e. The summed E-state index contributed by atoms with van der Waals surface area (Å²) in [6.45, 7) is 3.77. The molecule has 1 aromatic carbocycles. The Hall–Kier alpha value is -1.33. The van der Waals surface area contributed by atoms with Crippen molar-refractivity contribution >= 4 is 40.1 Å². The second kappa shape index (κ2) is 5.81. The van der Waals surface area contributed by atoms with Gasteiger partial charge >= 0.3 is 0 Å². The lowest BCUT2D eigenvalue weighted by molar-refractivity contribution is -0.126. The number of primary amides is 1. The summed E-state index contributed by atoms with van der Waals surface area (Å²) in [5.41, 5.74) is 5.77. The van der Waals surface area contributed by atoms with Gasteiger partial charge in [-0.05, 0) is 19.9 Å². The number of amides is 1. The molecular formula is C14H16Cl2FN3O. The number of carbonyl (C=O) groups excluding carboxylic acids is 1. The number of nitrogens with two attached hydrogens (primary N) is 1. The fraction of sp³-hybridized carbons (Fsp3) is 0.429. The maximum Gasteiger partial charge on any atom is 0.224 e. The SMILES string of the molecule is CC(C)(Cn1c(CCCl)nc2cc(Cl)c(F)cc21)C(N)=O. The first kappa shape index (κ1) is 16.0. The Bertz CT molecular complexity index is 697. The molecule has 0 aliphatic heterocycles. The number of imidazole rings is 1. The number of nitrogens with zero attached hydrogens (tertiary/aromatic N) is 2. The Balaban J connectivity index is 2.60. The van der Waals surface area contributed by atoms with E-state index < -0.39 is 17.1 Å². The average molecular weight is 332 g/mol. The monoisotopic (exact) mass is 331 g/mol. The molecule has 0 bridgehead atoms. The summed E-state index contributed by atoms with van der Waals surface area (Å²) in [6.07, 6.45) is 0.504. The molecule has 0 aliphatic rings. The van der Waals surface area contributed by atoms with E-state index >= 15 is 0 Å². The van der Waals surface area contributed by atoms with Crippen LogP contribution >= 0.6 is 23.2 Å².